The van der Waals surface area contributed by atoms with E-state index in [-0.39, 0.29) is 0 Å². The molecule has 0 saturated carbocycles. The molecule has 2 heterocycles. The molecule has 0 spiro atoms. The molecule has 0 saturated heterocycles. The molecule has 4 N–H and O–H groups in total. The van der Waals surface area contributed by atoms with Gasteiger partial charge in [-0.05, 0) is 51.3 Å². The predicted molar refractivity (Wildman–Crippen MR) is 118 cm³/mol. The van der Waals surface area contributed by atoms with Crippen molar-refractivity contribution in [3.8, 4) is 23.1 Å². The van der Waals surface area contributed by atoms with Crippen LogP contribution in [0.5, 0.6) is 0 Å². The van der Waals surface area contributed by atoms with Crippen LogP contribution in [-0.4, -0.2) is 28.5 Å². The van der Waals surface area contributed by atoms with Gasteiger partial charge in [-0.25, -0.2) is 4.98 Å². The second-order valence-corrected chi connectivity index (χ2v) is 8.08. The summed E-state index contributed by atoms with van der Waals surface area (Å²) < 4.78 is 1.09. The van der Waals surface area contributed by atoms with E-state index < -0.39 is 0 Å². The summed E-state index contributed by atoms with van der Waals surface area (Å²) >= 11 is 1.65. The smallest absolute Gasteiger partial charge is 0.132 e. The number of thiophene rings is 1. The van der Waals surface area contributed by atoms with Gasteiger partial charge in [0.2, 0.25) is 0 Å². The monoisotopic (exact) mass is 378 g/mol. The Morgan fingerprint density at radius 3 is 2.33 bits per heavy atom. The van der Waals surface area contributed by atoms with Gasteiger partial charge in [-0.1, -0.05) is 24.0 Å². The molecule has 2 aromatic heterocycles. The normalized spacial score (nSPS) is 11.4. The molecule has 1 aromatic carbocycles. The van der Waals surface area contributed by atoms with Crippen LogP contribution in [-0.2, 0) is 0 Å². The molecular formula is C22H26N4S. The van der Waals surface area contributed by atoms with Crippen molar-refractivity contribution >= 4 is 32.9 Å². The molecular weight excluding hydrogens is 352 g/mol. The molecule has 27 heavy (non-hydrogen) atoms. The number of hydrogen-bond donors (Lipinski definition) is 2. The van der Waals surface area contributed by atoms with Crippen molar-refractivity contribution in [2.45, 2.75) is 39.8 Å². The van der Waals surface area contributed by atoms with Gasteiger partial charge in [0.25, 0.3) is 0 Å². The van der Waals surface area contributed by atoms with E-state index in [9.17, 15) is 0 Å². The zero-order valence-electron chi connectivity index (χ0n) is 16.3. The maximum absolute atomic E-state index is 6.21. The summed E-state index contributed by atoms with van der Waals surface area (Å²) in [6.07, 6.45) is 0. The van der Waals surface area contributed by atoms with Crippen LogP contribution in [0, 0.1) is 11.8 Å². The third-order valence-electron chi connectivity index (χ3n) is 4.62. The van der Waals surface area contributed by atoms with Crippen molar-refractivity contribution in [2.24, 2.45) is 0 Å². The summed E-state index contributed by atoms with van der Waals surface area (Å²) in [5.41, 5.74) is 15.5. The number of nitrogens with zero attached hydrogens (tertiary/aromatic N) is 2. The lowest BCUT2D eigenvalue weighted by Gasteiger charge is -2.28. The first-order chi connectivity index (χ1) is 12.9. The Bertz CT molecular complexity index is 983. The molecule has 0 atom stereocenters. The standard InChI is InChI=1S/C22H26N4S/c1-14(2)26(15(3)4)12-5-6-18-20(16-7-9-17(23)10-8-16)25-22(24)19-11-13-27-21(18)19/h7-11,13-15H,12,23H2,1-4H3,(H2,24,25). The summed E-state index contributed by atoms with van der Waals surface area (Å²) in [5.74, 6) is 7.29. The number of benzene rings is 1. The quantitative estimate of drug-likeness (QED) is 0.514. The summed E-state index contributed by atoms with van der Waals surface area (Å²) in [4.78, 5) is 7.04. The molecule has 0 aliphatic rings. The van der Waals surface area contributed by atoms with Crippen molar-refractivity contribution in [3.05, 3.63) is 41.3 Å². The van der Waals surface area contributed by atoms with Crippen molar-refractivity contribution < 1.29 is 0 Å². The fourth-order valence-corrected chi connectivity index (χ4v) is 4.10. The summed E-state index contributed by atoms with van der Waals surface area (Å²) in [6, 6.07) is 10.6. The minimum atomic E-state index is 0.446. The summed E-state index contributed by atoms with van der Waals surface area (Å²) in [5, 5.41) is 3.00. The van der Waals surface area contributed by atoms with Crippen LogP contribution in [0.15, 0.2) is 35.7 Å². The van der Waals surface area contributed by atoms with Crippen LogP contribution >= 0.6 is 11.3 Å². The van der Waals surface area contributed by atoms with E-state index in [1.54, 1.807) is 11.3 Å². The molecule has 5 heteroatoms. The Balaban J connectivity index is 2.10. The summed E-state index contributed by atoms with van der Waals surface area (Å²) in [7, 11) is 0. The van der Waals surface area contributed by atoms with Gasteiger partial charge in [-0.3, -0.25) is 4.90 Å². The highest BCUT2D eigenvalue weighted by molar-refractivity contribution is 7.17. The highest BCUT2D eigenvalue weighted by Crippen LogP contribution is 2.34. The molecule has 0 aliphatic carbocycles. The zero-order chi connectivity index (χ0) is 19.6. The zero-order valence-corrected chi connectivity index (χ0v) is 17.1. The average molecular weight is 379 g/mol. The predicted octanol–water partition coefficient (Wildman–Crippen LogP) is 4.60. The Morgan fingerprint density at radius 1 is 1.04 bits per heavy atom. The second-order valence-electron chi connectivity index (χ2n) is 7.17. The first-order valence-electron chi connectivity index (χ1n) is 9.15. The van der Waals surface area contributed by atoms with Crippen molar-refractivity contribution in [2.75, 3.05) is 18.0 Å². The molecule has 0 radical (unpaired) electrons. The highest BCUT2D eigenvalue weighted by Gasteiger charge is 2.15. The van der Waals surface area contributed by atoms with Crippen LogP contribution in [0.2, 0.25) is 0 Å². The number of aromatic nitrogens is 1. The van der Waals surface area contributed by atoms with Gasteiger partial charge in [-0.15, -0.1) is 11.3 Å². The lowest BCUT2D eigenvalue weighted by atomic mass is 10.0. The number of anilines is 2. The van der Waals surface area contributed by atoms with E-state index in [4.69, 9.17) is 11.5 Å². The minimum absolute atomic E-state index is 0.446. The molecule has 3 aromatic rings. The Morgan fingerprint density at radius 2 is 1.70 bits per heavy atom. The van der Waals surface area contributed by atoms with E-state index in [0.717, 1.165) is 32.6 Å². The number of nitrogens with two attached hydrogens (primary N) is 2. The van der Waals surface area contributed by atoms with Crippen molar-refractivity contribution in [1.29, 1.82) is 0 Å². The van der Waals surface area contributed by atoms with Crippen LogP contribution < -0.4 is 11.5 Å². The SMILES string of the molecule is CC(C)N(CC#Cc1c(-c2ccc(N)cc2)nc(N)c2ccsc12)C(C)C. The number of fused-ring (bicyclic) bond motifs is 1. The van der Waals surface area contributed by atoms with Gasteiger partial charge >= 0.3 is 0 Å². The number of rotatable bonds is 4. The van der Waals surface area contributed by atoms with E-state index in [1.165, 1.54) is 0 Å². The van der Waals surface area contributed by atoms with Crippen LogP contribution in [0.4, 0.5) is 11.5 Å². The lowest BCUT2D eigenvalue weighted by Crippen LogP contribution is -2.37. The number of pyridine rings is 1. The molecule has 0 unspecified atom stereocenters. The van der Waals surface area contributed by atoms with Crippen LogP contribution in [0.1, 0.15) is 33.3 Å². The molecule has 0 aliphatic heterocycles. The maximum Gasteiger partial charge on any atom is 0.132 e. The van der Waals surface area contributed by atoms with Crippen molar-refractivity contribution in [3.63, 3.8) is 0 Å². The Kier molecular flexibility index (Phi) is 5.69. The largest absolute Gasteiger partial charge is 0.399 e. The van der Waals surface area contributed by atoms with E-state index in [1.807, 2.05) is 35.7 Å². The van der Waals surface area contributed by atoms with Gasteiger partial charge in [0.15, 0.2) is 0 Å². The van der Waals surface area contributed by atoms with E-state index >= 15 is 0 Å². The Hall–Kier alpha value is -2.55. The Labute approximate surface area is 165 Å². The van der Waals surface area contributed by atoms with Gasteiger partial charge in [0.1, 0.15) is 5.82 Å². The molecule has 0 bridgehead atoms. The third kappa shape index (κ3) is 4.08. The molecule has 0 fully saturated rings. The number of nitrogen functional groups attached to an aromatic ring is 2. The molecule has 4 nitrogen and oxygen atoms in total. The van der Waals surface area contributed by atoms with Crippen LogP contribution in [0.25, 0.3) is 21.3 Å². The summed E-state index contributed by atoms with van der Waals surface area (Å²) in [6.45, 7) is 9.51. The fraction of sp³-hybridized carbons (Fsp3) is 0.318. The van der Waals surface area contributed by atoms with Gasteiger partial charge in [0.05, 0.1) is 22.5 Å². The van der Waals surface area contributed by atoms with Crippen LogP contribution in [0.3, 0.4) is 0 Å². The number of hydrogen-bond acceptors (Lipinski definition) is 5. The molecule has 3 rings (SSSR count). The first kappa shape index (κ1) is 19.2. The topological polar surface area (TPSA) is 68.2 Å². The minimum Gasteiger partial charge on any atom is -0.399 e. The lowest BCUT2D eigenvalue weighted by molar-refractivity contribution is 0.200. The molecule has 0 amide bonds. The second kappa shape index (κ2) is 7.99. The van der Waals surface area contributed by atoms with Gasteiger partial charge in [-0.2, -0.15) is 0 Å². The maximum atomic E-state index is 6.21. The van der Waals surface area contributed by atoms with Gasteiger partial charge in [0, 0.05) is 28.7 Å². The van der Waals surface area contributed by atoms with E-state index in [0.29, 0.717) is 24.4 Å². The third-order valence-corrected chi connectivity index (χ3v) is 5.55. The van der Waals surface area contributed by atoms with Crippen molar-refractivity contribution in [1.82, 2.24) is 9.88 Å². The molecule has 140 valence electrons. The fourth-order valence-electron chi connectivity index (χ4n) is 3.20. The average Bonchev–Trinajstić information content (AvgIpc) is 3.10. The van der Waals surface area contributed by atoms with Gasteiger partial charge < -0.3 is 11.5 Å². The van der Waals surface area contributed by atoms with E-state index in [2.05, 4.69) is 49.4 Å². The first-order valence-corrected chi connectivity index (χ1v) is 10.0. The highest BCUT2D eigenvalue weighted by atomic mass is 32.1.